The Morgan fingerprint density at radius 1 is 1.50 bits per heavy atom. The van der Waals surface area contributed by atoms with Gasteiger partial charge in [-0.15, -0.1) is 0 Å². The zero-order chi connectivity index (χ0) is 14.5. The number of benzene rings is 1. The fourth-order valence-electron chi connectivity index (χ4n) is 2.44. The normalized spacial score (nSPS) is 15.8. The molecule has 0 spiro atoms. The average Bonchev–Trinajstić information content (AvgIpc) is 3.31. The minimum absolute atomic E-state index is 0.0963. The third kappa shape index (κ3) is 3.51. The molecule has 0 saturated heterocycles. The fraction of sp³-hybridized carbons (Fsp3) is 0.562. The molecule has 0 heterocycles. The zero-order valence-electron chi connectivity index (χ0n) is 12.3. The number of nitrogens with two attached hydrogens (primary N) is 1. The molecule has 4 heteroatoms. The second kappa shape index (κ2) is 6.75. The molecule has 2 rings (SSSR count). The molecule has 0 aliphatic heterocycles. The topological polar surface area (TPSA) is 55.6 Å². The Morgan fingerprint density at radius 2 is 2.25 bits per heavy atom. The van der Waals surface area contributed by atoms with Crippen LogP contribution in [0.3, 0.4) is 0 Å². The van der Waals surface area contributed by atoms with Crippen molar-refractivity contribution in [2.45, 2.75) is 26.2 Å². The number of rotatable bonds is 7. The summed E-state index contributed by atoms with van der Waals surface area (Å²) in [6, 6.07) is 7.67. The first-order valence-electron chi connectivity index (χ1n) is 7.33. The molecule has 1 amide bonds. The number of methoxy groups -OCH3 is 1. The molecule has 1 unspecified atom stereocenters. The van der Waals surface area contributed by atoms with E-state index in [0.717, 1.165) is 17.9 Å². The molecule has 0 radical (unpaired) electrons. The number of hydrogen-bond acceptors (Lipinski definition) is 3. The van der Waals surface area contributed by atoms with Crippen molar-refractivity contribution in [3.05, 3.63) is 24.3 Å². The average molecular weight is 276 g/mol. The largest absolute Gasteiger partial charge is 0.497 e. The lowest BCUT2D eigenvalue weighted by Gasteiger charge is -2.26. The van der Waals surface area contributed by atoms with E-state index in [4.69, 9.17) is 10.5 Å². The number of carbonyl (C=O) groups is 1. The smallest absolute Gasteiger partial charge is 0.230 e. The van der Waals surface area contributed by atoms with Gasteiger partial charge in [-0.2, -0.15) is 0 Å². The van der Waals surface area contributed by atoms with Crippen LogP contribution in [0.25, 0.3) is 0 Å². The number of ether oxygens (including phenoxy) is 1. The van der Waals surface area contributed by atoms with Crippen molar-refractivity contribution in [3.63, 3.8) is 0 Å². The third-order valence-electron chi connectivity index (χ3n) is 3.94. The van der Waals surface area contributed by atoms with Crippen LogP contribution in [0.1, 0.15) is 26.2 Å². The van der Waals surface area contributed by atoms with E-state index >= 15 is 0 Å². The maximum absolute atomic E-state index is 12.7. The van der Waals surface area contributed by atoms with Gasteiger partial charge in [0.1, 0.15) is 5.75 Å². The van der Waals surface area contributed by atoms with Crippen molar-refractivity contribution in [2.75, 3.05) is 25.1 Å². The van der Waals surface area contributed by atoms with Crippen molar-refractivity contribution >= 4 is 11.6 Å². The molecule has 110 valence electrons. The summed E-state index contributed by atoms with van der Waals surface area (Å²) in [4.78, 5) is 14.5. The second-order valence-electron chi connectivity index (χ2n) is 5.46. The third-order valence-corrected chi connectivity index (χ3v) is 3.94. The fourth-order valence-corrected chi connectivity index (χ4v) is 2.44. The van der Waals surface area contributed by atoms with Crippen LogP contribution in [0.15, 0.2) is 24.3 Å². The molecule has 1 saturated carbocycles. The molecule has 1 fully saturated rings. The van der Waals surface area contributed by atoms with Crippen LogP contribution in [0.4, 0.5) is 5.69 Å². The van der Waals surface area contributed by atoms with Gasteiger partial charge in [-0.05, 0) is 43.9 Å². The number of amides is 1. The molecular weight excluding hydrogens is 252 g/mol. The van der Waals surface area contributed by atoms with Crippen LogP contribution >= 0.6 is 0 Å². The van der Waals surface area contributed by atoms with Gasteiger partial charge >= 0.3 is 0 Å². The minimum atomic E-state index is 0.0963. The monoisotopic (exact) mass is 276 g/mol. The van der Waals surface area contributed by atoms with E-state index in [1.54, 1.807) is 7.11 Å². The first kappa shape index (κ1) is 14.9. The quantitative estimate of drug-likeness (QED) is 0.832. The van der Waals surface area contributed by atoms with Crippen LogP contribution in [0.5, 0.6) is 5.75 Å². The van der Waals surface area contributed by atoms with Gasteiger partial charge < -0.3 is 15.4 Å². The lowest BCUT2D eigenvalue weighted by molar-refractivity contribution is -0.122. The minimum Gasteiger partial charge on any atom is -0.497 e. The predicted molar refractivity (Wildman–Crippen MR) is 80.9 cm³/mol. The second-order valence-corrected chi connectivity index (χ2v) is 5.46. The molecule has 1 aromatic rings. The molecular formula is C16H24N2O2. The summed E-state index contributed by atoms with van der Waals surface area (Å²) in [5, 5.41) is 0. The highest BCUT2D eigenvalue weighted by molar-refractivity contribution is 5.95. The highest BCUT2D eigenvalue weighted by atomic mass is 16.5. The van der Waals surface area contributed by atoms with Crippen molar-refractivity contribution < 1.29 is 9.53 Å². The number of nitrogens with zero attached hydrogens (tertiary/aromatic N) is 1. The maximum Gasteiger partial charge on any atom is 0.230 e. The van der Waals surface area contributed by atoms with E-state index in [1.165, 1.54) is 12.8 Å². The van der Waals surface area contributed by atoms with Crippen LogP contribution in [-0.2, 0) is 4.79 Å². The van der Waals surface area contributed by atoms with Crippen LogP contribution in [0.2, 0.25) is 0 Å². The molecule has 1 atom stereocenters. The SMILES string of the molecule is COc1cccc(N(CCCN)C(=O)C(C)C2CC2)c1. The summed E-state index contributed by atoms with van der Waals surface area (Å²) in [6.07, 6.45) is 3.16. The van der Waals surface area contributed by atoms with E-state index < -0.39 is 0 Å². The first-order valence-corrected chi connectivity index (χ1v) is 7.33. The lowest BCUT2D eigenvalue weighted by Crippen LogP contribution is -2.37. The molecule has 0 bridgehead atoms. The van der Waals surface area contributed by atoms with Gasteiger partial charge in [-0.25, -0.2) is 0 Å². The Bertz CT molecular complexity index is 458. The van der Waals surface area contributed by atoms with Gasteiger partial charge in [0, 0.05) is 24.2 Å². The molecule has 1 aliphatic rings. The van der Waals surface area contributed by atoms with Crippen molar-refractivity contribution in [3.8, 4) is 5.75 Å². The number of anilines is 1. The first-order chi connectivity index (χ1) is 9.67. The summed E-state index contributed by atoms with van der Waals surface area (Å²) < 4.78 is 5.25. The van der Waals surface area contributed by atoms with Gasteiger partial charge in [-0.1, -0.05) is 13.0 Å². The van der Waals surface area contributed by atoms with Crippen LogP contribution in [0, 0.1) is 11.8 Å². The van der Waals surface area contributed by atoms with Crippen molar-refractivity contribution in [1.82, 2.24) is 0 Å². The molecule has 2 N–H and O–H groups in total. The standard InChI is InChI=1S/C16H24N2O2/c1-12(13-7-8-13)16(19)18(10-4-9-17)14-5-3-6-15(11-14)20-2/h3,5-6,11-13H,4,7-10,17H2,1-2H3. The van der Waals surface area contributed by atoms with Gasteiger partial charge in [0.2, 0.25) is 5.91 Å². The summed E-state index contributed by atoms with van der Waals surface area (Å²) >= 11 is 0. The molecule has 1 aliphatic carbocycles. The van der Waals surface area contributed by atoms with E-state index in [1.807, 2.05) is 36.1 Å². The Balaban J connectivity index is 2.18. The Labute approximate surface area is 120 Å². The highest BCUT2D eigenvalue weighted by Gasteiger charge is 2.35. The Morgan fingerprint density at radius 3 is 2.85 bits per heavy atom. The van der Waals surface area contributed by atoms with Gasteiger partial charge in [0.25, 0.3) is 0 Å². The van der Waals surface area contributed by atoms with E-state index in [0.29, 0.717) is 19.0 Å². The predicted octanol–water partition coefficient (Wildman–Crippen LogP) is 2.42. The van der Waals surface area contributed by atoms with Crippen molar-refractivity contribution in [1.29, 1.82) is 0 Å². The molecule has 0 aromatic heterocycles. The van der Waals surface area contributed by atoms with E-state index in [2.05, 4.69) is 0 Å². The van der Waals surface area contributed by atoms with Crippen LogP contribution < -0.4 is 15.4 Å². The zero-order valence-corrected chi connectivity index (χ0v) is 12.3. The Hall–Kier alpha value is -1.55. The highest BCUT2D eigenvalue weighted by Crippen LogP contribution is 2.38. The number of carbonyl (C=O) groups excluding carboxylic acids is 1. The summed E-state index contributed by atoms with van der Waals surface area (Å²) in [6.45, 7) is 3.29. The summed E-state index contributed by atoms with van der Waals surface area (Å²) in [7, 11) is 1.64. The maximum atomic E-state index is 12.7. The molecule has 1 aromatic carbocycles. The van der Waals surface area contributed by atoms with Gasteiger partial charge in [-0.3, -0.25) is 4.79 Å². The lowest BCUT2D eigenvalue weighted by atomic mass is 10.0. The summed E-state index contributed by atoms with van der Waals surface area (Å²) in [5.41, 5.74) is 6.50. The van der Waals surface area contributed by atoms with E-state index in [9.17, 15) is 4.79 Å². The molecule has 20 heavy (non-hydrogen) atoms. The Kier molecular flexibility index (Phi) is 5.01. The van der Waals surface area contributed by atoms with Gasteiger partial charge in [0.05, 0.1) is 7.11 Å². The summed E-state index contributed by atoms with van der Waals surface area (Å²) in [5.74, 6) is 1.63. The van der Waals surface area contributed by atoms with E-state index in [-0.39, 0.29) is 11.8 Å². The van der Waals surface area contributed by atoms with Crippen LogP contribution in [-0.4, -0.2) is 26.1 Å². The van der Waals surface area contributed by atoms with Gasteiger partial charge in [0.15, 0.2) is 0 Å². The number of hydrogen-bond donors (Lipinski definition) is 1. The van der Waals surface area contributed by atoms with Crippen molar-refractivity contribution in [2.24, 2.45) is 17.6 Å². The molecule has 4 nitrogen and oxygen atoms in total.